The predicted molar refractivity (Wildman–Crippen MR) is 61.4 cm³/mol. The van der Waals surface area contributed by atoms with Gasteiger partial charge in [0.2, 0.25) is 0 Å². The minimum atomic E-state index is -0.430. The third-order valence-corrected chi connectivity index (χ3v) is 3.24. The number of nitrogens with zero attached hydrogens (tertiary/aromatic N) is 2. The van der Waals surface area contributed by atoms with Gasteiger partial charge in [0, 0.05) is 19.2 Å². The summed E-state index contributed by atoms with van der Waals surface area (Å²) in [6, 6.07) is 0. The minimum absolute atomic E-state index is 0.0857. The van der Waals surface area contributed by atoms with E-state index in [-0.39, 0.29) is 16.9 Å². The summed E-state index contributed by atoms with van der Waals surface area (Å²) in [4.78, 5) is 25.2. The van der Waals surface area contributed by atoms with Gasteiger partial charge in [0.05, 0.1) is 13.1 Å². The number of primary amides is 1. The van der Waals surface area contributed by atoms with Crippen molar-refractivity contribution in [3.63, 3.8) is 0 Å². The van der Waals surface area contributed by atoms with Gasteiger partial charge < -0.3 is 5.73 Å². The van der Waals surface area contributed by atoms with E-state index in [2.05, 4.69) is 18.4 Å². The van der Waals surface area contributed by atoms with E-state index in [1.54, 1.807) is 0 Å². The van der Waals surface area contributed by atoms with Crippen molar-refractivity contribution in [3.8, 4) is 0 Å². The summed E-state index contributed by atoms with van der Waals surface area (Å²) in [6.07, 6.45) is 1.30. The van der Waals surface area contributed by atoms with Crippen molar-refractivity contribution in [1.29, 1.82) is 0 Å². The summed E-state index contributed by atoms with van der Waals surface area (Å²) in [5, 5.41) is 0. The SMILES string of the molecule is C=CC(=O)[N+]1(CC(N)=O)CCN(CC)CC1. The molecule has 2 amide bonds. The summed E-state index contributed by atoms with van der Waals surface area (Å²) in [7, 11) is 0. The fourth-order valence-electron chi connectivity index (χ4n) is 2.15. The molecule has 1 aliphatic rings. The quantitative estimate of drug-likeness (QED) is 0.511. The van der Waals surface area contributed by atoms with Gasteiger partial charge in [-0.3, -0.25) is 9.69 Å². The normalized spacial score (nSPS) is 20.3. The maximum Gasteiger partial charge on any atom is 0.338 e. The zero-order chi connectivity index (χ0) is 12.2. The largest absolute Gasteiger partial charge is 0.365 e. The molecule has 1 fully saturated rings. The second-order valence-corrected chi connectivity index (χ2v) is 4.19. The van der Waals surface area contributed by atoms with Gasteiger partial charge in [0.25, 0.3) is 5.91 Å². The first-order chi connectivity index (χ1) is 7.54. The average Bonchev–Trinajstić information content (AvgIpc) is 2.28. The number of carbonyl (C=O) groups excluding carboxylic acids is 2. The van der Waals surface area contributed by atoms with Gasteiger partial charge in [-0.25, -0.2) is 9.28 Å². The van der Waals surface area contributed by atoms with E-state index in [1.807, 2.05) is 0 Å². The second kappa shape index (κ2) is 5.23. The first-order valence-corrected chi connectivity index (χ1v) is 5.58. The van der Waals surface area contributed by atoms with Crippen molar-refractivity contribution in [3.05, 3.63) is 12.7 Å². The Kier molecular flexibility index (Phi) is 4.20. The summed E-state index contributed by atoms with van der Waals surface area (Å²) in [5.41, 5.74) is 5.21. The van der Waals surface area contributed by atoms with Crippen LogP contribution in [0.5, 0.6) is 0 Å². The van der Waals surface area contributed by atoms with E-state index in [0.29, 0.717) is 13.1 Å². The Morgan fingerprint density at radius 2 is 2.00 bits per heavy atom. The number of piperazine rings is 1. The van der Waals surface area contributed by atoms with Crippen molar-refractivity contribution in [2.75, 3.05) is 39.3 Å². The minimum Gasteiger partial charge on any atom is -0.365 e. The van der Waals surface area contributed by atoms with Crippen LogP contribution in [0.25, 0.3) is 0 Å². The zero-order valence-electron chi connectivity index (χ0n) is 9.82. The highest BCUT2D eigenvalue weighted by Gasteiger charge is 2.39. The fourth-order valence-corrected chi connectivity index (χ4v) is 2.15. The van der Waals surface area contributed by atoms with Gasteiger partial charge in [0.15, 0.2) is 6.54 Å². The number of rotatable bonds is 4. The number of hydrogen-bond acceptors (Lipinski definition) is 3. The molecule has 1 rings (SSSR count). The van der Waals surface area contributed by atoms with Crippen LogP contribution in [-0.4, -0.2) is 60.5 Å². The number of likely N-dealkylation sites (N-methyl/N-ethyl adjacent to an activating group) is 1. The Morgan fingerprint density at radius 3 is 2.38 bits per heavy atom. The molecule has 5 nitrogen and oxygen atoms in total. The Balaban J connectivity index is 2.78. The lowest BCUT2D eigenvalue weighted by Gasteiger charge is -2.41. The molecule has 0 spiro atoms. The Morgan fingerprint density at radius 1 is 1.44 bits per heavy atom. The molecule has 90 valence electrons. The third-order valence-electron chi connectivity index (χ3n) is 3.24. The predicted octanol–water partition coefficient (Wildman–Crippen LogP) is -0.663. The summed E-state index contributed by atoms with van der Waals surface area (Å²) in [5.74, 6) is -0.533. The topological polar surface area (TPSA) is 63.4 Å². The van der Waals surface area contributed by atoms with E-state index in [0.717, 1.165) is 19.6 Å². The summed E-state index contributed by atoms with van der Waals surface area (Å²) >= 11 is 0. The molecule has 1 heterocycles. The lowest BCUT2D eigenvalue weighted by atomic mass is 10.2. The van der Waals surface area contributed by atoms with Crippen molar-refractivity contribution in [2.45, 2.75) is 6.92 Å². The molecular formula is C11H20N3O2+. The van der Waals surface area contributed by atoms with E-state index in [1.165, 1.54) is 6.08 Å². The summed E-state index contributed by atoms with van der Waals surface area (Å²) in [6.45, 7) is 9.57. The number of carbonyl (C=O) groups is 2. The molecule has 0 atom stereocenters. The van der Waals surface area contributed by atoms with Crippen LogP contribution in [0, 0.1) is 0 Å². The maximum absolute atomic E-state index is 11.8. The number of hydrogen-bond donors (Lipinski definition) is 1. The molecule has 0 unspecified atom stereocenters. The smallest absolute Gasteiger partial charge is 0.338 e. The Bertz CT molecular complexity index is 294. The molecule has 0 aromatic carbocycles. The molecule has 0 aliphatic carbocycles. The standard InChI is InChI=1S/C11H19N3O2/c1-3-11(16)14(9-10(12)15)7-5-13(4-2)6-8-14/h3H,1,4-9H2,2H3,(H-,12,15)/p+1. The van der Waals surface area contributed by atoms with Crippen LogP contribution < -0.4 is 5.73 Å². The van der Waals surface area contributed by atoms with E-state index in [9.17, 15) is 9.59 Å². The number of quaternary nitrogens is 1. The molecule has 5 heteroatoms. The first-order valence-electron chi connectivity index (χ1n) is 5.58. The van der Waals surface area contributed by atoms with Crippen molar-refractivity contribution < 1.29 is 14.1 Å². The van der Waals surface area contributed by atoms with Gasteiger partial charge in [-0.1, -0.05) is 13.5 Å². The average molecular weight is 226 g/mol. The maximum atomic E-state index is 11.8. The molecule has 1 aliphatic heterocycles. The second-order valence-electron chi connectivity index (χ2n) is 4.19. The monoisotopic (exact) mass is 226 g/mol. The van der Waals surface area contributed by atoms with Gasteiger partial charge in [-0.2, -0.15) is 0 Å². The highest BCUT2D eigenvalue weighted by atomic mass is 16.2. The Hall–Kier alpha value is -1.20. The number of amides is 2. The third kappa shape index (κ3) is 2.68. The molecule has 1 saturated heterocycles. The Labute approximate surface area is 96.1 Å². The van der Waals surface area contributed by atoms with Crippen LogP contribution in [-0.2, 0) is 9.59 Å². The van der Waals surface area contributed by atoms with Crippen molar-refractivity contribution >= 4 is 11.8 Å². The van der Waals surface area contributed by atoms with Crippen LogP contribution >= 0.6 is 0 Å². The van der Waals surface area contributed by atoms with E-state index >= 15 is 0 Å². The van der Waals surface area contributed by atoms with Gasteiger partial charge in [-0.05, 0) is 6.54 Å². The molecule has 0 aromatic heterocycles. The molecule has 0 saturated carbocycles. The lowest BCUT2D eigenvalue weighted by Crippen LogP contribution is -2.64. The molecule has 16 heavy (non-hydrogen) atoms. The van der Waals surface area contributed by atoms with Crippen LogP contribution in [0.1, 0.15) is 6.92 Å². The molecular weight excluding hydrogens is 206 g/mol. The lowest BCUT2D eigenvalue weighted by molar-refractivity contribution is -0.849. The molecule has 0 bridgehead atoms. The zero-order valence-corrected chi connectivity index (χ0v) is 9.82. The highest BCUT2D eigenvalue weighted by Crippen LogP contribution is 2.14. The van der Waals surface area contributed by atoms with Crippen molar-refractivity contribution in [2.24, 2.45) is 5.73 Å². The number of nitrogens with two attached hydrogens (primary N) is 1. The molecule has 0 aromatic rings. The van der Waals surface area contributed by atoms with Crippen LogP contribution in [0.3, 0.4) is 0 Å². The van der Waals surface area contributed by atoms with E-state index in [4.69, 9.17) is 5.73 Å². The van der Waals surface area contributed by atoms with Crippen LogP contribution in [0.15, 0.2) is 12.7 Å². The van der Waals surface area contributed by atoms with Crippen LogP contribution in [0.4, 0.5) is 0 Å². The summed E-state index contributed by atoms with van der Waals surface area (Å²) < 4.78 is 0.134. The van der Waals surface area contributed by atoms with E-state index < -0.39 is 5.91 Å². The van der Waals surface area contributed by atoms with Crippen LogP contribution in [0.2, 0.25) is 0 Å². The highest BCUT2D eigenvalue weighted by molar-refractivity contribution is 5.84. The van der Waals surface area contributed by atoms with Gasteiger partial charge in [0.1, 0.15) is 0 Å². The molecule has 0 radical (unpaired) electrons. The van der Waals surface area contributed by atoms with Gasteiger partial charge >= 0.3 is 5.91 Å². The fraction of sp³-hybridized carbons (Fsp3) is 0.636. The van der Waals surface area contributed by atoms with Gasteiger partial charge in [-0.15, -0.1) is 0 Å². The first kappa shape index (κ1) is 12.9. The van der Waals surface area contributed by atoms with Crippen molar-refractivity contribution in [1.82, 2.24) is 4.90 Å². The molecule has 2 N–H and O–H groups in total.